The van der Waals surface area contributed by atoms with Crippen molar-refractivity contribution in [3.63, 3.8) is 0 Å². The lowest BCUT2D eigenvalue weighted by molar-refractivity contribution is 0.00530. The van der Waals surface area contributed by atoms with Gasteiger partial charge in [-0.3, -0.25) is 0 Å². The third-order valence-electron chi connectivity index (χ3n) is 8.65. The van der Waals surface area contributed by atoms with Crippen LogP contribution in [-0.2, 0) is 4.74 Å². The number of benzene rings is 6. The van der Waals surface area contributed by atoms with Gasteiger partial charge < -0.3 is 4.74 Å². The standard InChI is InChI=1S/C44H45OP3/c1-2-3-34-45-44(35-46(38-22-10-4-11-23-38)39-24-12-5-13-25-39,36-47(40-26-14-6-15-27-40)41-28-16-7-17-29-41)37-48(42-30-18-8-19-31-42)43-32-20-9-21-33-43/h4-33H,2-3,34-37H2,1H3. The van der Waals surface area contributed by atoms with E-state index in [1.165, 1.54) is 31.8 Å². The van der Waals surface area contributed by atoms with Crippen LogP contribution in [-0.4, -0.2) is 30.7 Å². The van der Waals surface area contributed by atoms with Crippen LogP contribution >= 0.6 is 23.8 Å². The highest BCUT2D eigenvalue weighted by Gasteiger charge is 2.41. The Bertz CT molecular complexity index is 1430. The van der Waals surface area contributed by atoms with E-state index in [2.05, 4.69) is 189 Å². The van der Waals surface area contributed by atoms with Gasteiger partial charge in [0.15, 0.2) is 0 Å². The number of rotatable bonds is 16. The molecule has 1 nitrogen and oxygen atoms in total. The second-order valence-corrected chi connectivity index (χ2v) is 18.8. The van der Waals surface area contributed by atoms with Crippen LogP contribution in [0.15, 0.2) is 182 Å². The van der Waals surface area contributed by atoms with Gasteiger partial charge in [0.1, 0.15) is 0 Å². The molecule has 0 radical (unpaired) electrons. The molecule has 48 heavy (non-hydrogen) atoms. The molecule has 0 atom stereocenters. The molecule has 6 aromatic rings. The maximum atomic E-state index is 7.54. The van der Waals surface area contributed by atoms with Gasteiger partial charge in [0.25, 0.3) is 0 Å². The Kier molecular flexibility index (Phi) is 12.8. The zero-order valence-corrected chi connectivity index (χ0v) is 30.5. The molecule has 0 aromatic heterocycles. The molecule has 6 rings (SSSR count). The topological polar surface area (TPSA) is 9.23 Å². The van der Waals surface area contributed by atoms with Gasteiger partial charge in [-0.2, -0.15) is 0 Å². The highest BCUT2D eigenvalue weighted by atomic mass is 31.1. The van der Waals surface area contributed by atoms with Crippen LogP contribution in [0.5, 0.6) is 0 Å². The molecule has 242 valence electrons. The lowest BCUT2D eigenvalue weighted by Crippen LogP contribution is -2.47. The highest BCUT2D eigenvalue weighted by Crippen LogP contribution is 2.50. The lowest BCUT2D eigenvalue weighted by atomic mass is 10.1. The number of ether oxygens (including phenoxy) is 1. The quantitative estimate of drug-likeness (QED) is 0.0732. The average Bonchev–Trinajstić information content (AvgIpc) is 3.17. The summed E-state index contributed by atoms with van der Waals surface area (Å²) in [6, 6.07) is 67.3. The van der Waals surface area contributed by atoms with Crippen molar-refractivity contribution in [2.75, 3.05) is 25.1 Å². The Balaban J connectivity index is 1.54. The number of unbranched alkanes of at least 4 members (excludes halogenated alkanes) is 1. The van der Waals surface area contributed by atoms with Crippen molar-refractivity contribution in [1.82, 2.24) is 0 Å². The van der Waals surface area contributed by atoms with Crippen LogP contribution in [0.25, 0.3) is 0 Å². The minimum atomic E-state index is -0.701. The highest BCUT2D eigenvalue weighted by molar-refractivity contribution is 7.75. The Morgan fingerprint density at radius 1 is 0.375 bits per heavy atom. The van der Waals surface area contributed by atoms with E-state index >= 15 is 0 Å². The van der Waals surface area contributed by atoms with Crippen molar-refractivity contribution in [2.24, 2.45) is 0 Å². The van der Waals surface area contributed by atoms with Crippen LogP contribution in [0.2, 0.25) is 0 Å². The van der Waals surface area contributed by atoms with Crippen molar-refractivity contribution in [1.29, 1.82) is 0 Å². The molecule has 0 aliphatic carbocycles. The summed E-state index contributed by atoms with van der Waals surface area (Å²) < 4.78 is 7.54. The molecule has 0 spiro atoms. The summed E-state index contributed by atoms with van der Waals surface area (Å²) in [6.45, 7) is 3.04. The number of hydrogen-bond acceptors (Lipinski definition) is 1. The molecule has 0 fully saturated rings. The first-order valence-electron chi connectivity index (χ1n) is 17.0. The van der Waals surface area contributed by atoms with Gasteiger partial charge in [-0.25, -0.2) is 0 Å². The van der Waals surface area contributed by atoms with Gasteiger partial charge in [0, 0.05) is 25.1 Å². The van der Waals surface area contributed by atoms with Gasteiger partial charge in [0.05, 0.1) is 5.60 Å². The van der Waals surface area contributed by atoms with E-state index < -0.39 is 23.8 Å². The first-order valence-corrected chi connectivity index (χ1v) is 21.6. The summed E-state index contributed by atoms with van der Waals surface area (Å²) in [7, 11) is -2.10. The van der Waals surface area contributed by atoms with E-state index in [4.69, 9.17) is 4.74 Å². The third kappa shape index (κ3) is 9.17. The molecular weight excluding hydrogens is 637 g/mol. The van der Waals surface area contributed by atoms with Crippen molar-refractivity contribution >= 4 is 55.6 Å². The number of hydrogen-bond donors (Lipinski definition) is 0. The van der Waals surface area contributed by atoms with Gasteiger partial charge in [0.2, 0.25) is 0 Å². The van der Waals surface area contributed by atoms with Crippen molar-refractivity contribution in [2.45, 2.75) is 25.4 Å². The zero-order chi connectivity index (χ0) is 32.9. The average molecular weight is 683 g/mol. The Morgan fingerprint density at radius 3 is 0.812 bits per heavy atom. The van der Waals surface area contributed by atoms with Gasteiger partial charge >= 0.3 is 0 Å². The van der Waals surface area contributed by atoms with Crippen molar-refractivity contribution < 1.29 is 4.74 Å². The second-order valence-electron chi connectivity index (χ2n) is 12.2. The SMILES string of the molecule is CCCCOC(CP(c1ccccc1)c1ccccc1)(CP(c1ccccc1)c1ccccc1)CP(c1ccccc1)c1ccccc1. The minimum absolute atomic E-state index is 0.374. The minimum Gasteiger partial charge on any atom is -0.374 e. The second kappa shape index (κ2) is 17.8. The summed E-state index contributed by atoms with van der Waals surface area (Å²) in [6.07, 6.45) is 5.07. The maximum Gasteiger partial charge on any atom is 0.0817 e. The first-order chi connectivity index (χ1) is 23.7. The van der Waals surface area contributed by atoms with E-state index in [1.807, 2.05) is 0 Å². The zero-order valence-electron chi connectivity index (χ0n) is 27.8. The fourth-order valence-electron chi connectivity index (χ4n) is 6.23. The predicted octanol–water partition coefficient (Wildman–Crippen LogP) is 8.94. The summed E-state index contributed by atoms with van der Waals surface area (Å²) in [4.78, 5) is 0. The van der Waals surface area contributed by atoms with E-state index in [0.717, 1.165) is 37.9 Å². The maximum absolute atomic E-state index is 7.54. The molecule has 0 aliphatic rings. The van der Waals surface area contributed by atoms with Crippen LogP contribution in [0.1, 0.15) is 19.8 Å². The van der Waals surface area contributed by atoms with E-state index in [9.17, 15) is 0 Å². The molecule has 0 unspecified atom stereocenters. The van der Waals surface area contributed by atoms with Crippen LogP contribution in [0.4, 0.5) is 0 Å². The first kappa shape index (κ1) is 34.4. The Morgan fingerprint density at radius 2 is 0.604 bits per heavy atom. The molecule has 6 aromatic carbocycles. The fourth-order valence-corrected chi connectivity index (χ4v) is 14.6. The molecule has 0 aliphatic heterocycles. The molecule has 0 bridgehead atoms. The Hall–Kier alpha value is -3.43. The lowest BCUT2D eigenvalue weighted by Gasteiger charge is -2.42. The van der Waals surface area contributed by atoms with Crippen molar-refractivity contribution in [3.05, 3.63) is 182 Å². The van der Waals surface area contributed by atoms with E-state index in [-0.39, 0.29) is 5.60 Å². The molecule has 0 amide bonds. The fraction of sp³-hybridized carbons (Fsp3) is 0.182. The third-order valence-corrected chi connectivity index (χ3v) is 16.9. The van der Waals surface area contributed by atoms with Crippen molar-refractivity contribution in [3.8, 4) is 0 Å². The van der Waals surface area contributed by atoms with Gasteiger partial charge in [-0.05, 0) is 62.0 Å². The summed E-state index contributed by atoms with van der Waals surface area (Å²) in [5, 5.41) is 8.47. The molecule has 0 saturated carbocycles. The van der Waals surface area contributed by atoms with Crippen LogP contribution < -0.4 is 31.8 Å². The monoisotopic (exact) mass is 682 g/mol. The van der Waals surface area contributed by atoms with Crippen LogP contribution in [0, 0.1) is 0 Å². The van der Waals surface area contributed by atoms with E-state index in [1.54, 1.807) is 0 Å². The Labute approximate surface area is 291 Å². The summed E-state index contributed by atoms with van der Waals surface area (Å²) in [5.74, 6) is 0. The summed E-state index contributed by atoms with van der Waals surface area (Å²) >= 11 is 0. The molecule has 4 heteroatoms. The van der Waals surface area contributed by atoms with Gasteiger partial charge in [-0.15, -0.1) is 0 Å². The predicted molar refractivity (Wildman–Crippen MR) is 215 cm³/mol. The summed E-state index contributed by atoms with van der Waals surface area (Å²) in [5.41, 5.74) is -0.374. The van der Waals surface area contributed by atoms with E-state index in [0.29, 0.717) is 0 Å². The molecule has 0 N–H and O–H groups in total. The largest absolute Gasteiger partial charge is 0.374 e. The van der Waals surface area contributed by atoms with Gasteiger partial charge in [-0.1, -0.05) is 195 Å². The molecule has 0 heterocycles. The van der Waals surface area contributed by atoms with Crippen LogP contribution in [0.3, 0.4) is 0 Å². The molecule has 0 saturated heterocycles. The normalized spacial score (nSPS) is 11.8. The molecular formula is C44H45OP3. The smallest absolute Gasteiger partial charge is 0.0817 e.